The minimum Gasteiger partial charge on any atom is -0.354 e. The van der Waals surface area contributed by atoms with Crippen LogP contribution in [0, 0.1) is 11.8 Å². The van der Waals surface area contributed by atoms with Crippen molar-refractivity contribution in [3.8, 4) is 0 Å². The first-order chi connectivity index (χ1) is 7.63. The summed E-state index contributed by atoms with van der Waals surface area (Å²) in [7, 11) is 0. The Morgan fingerprint density at radius 3 is 2.81 bits per heavy atom. The first-order valence-electron chi connectivity index (χ1n) is 6.66. The van der Waals surface area contributed by atoms with Gasteiger partial charge in [-0.2, -0.15) is 0 Å². The molecule has 1 amide bonds. The van der Waals surface area contributed by atoms with Gasteiger partial charge in [-0.25, -0.2) is 0 Å². The summed E-state index contributed by atoms with van der Waals surface area (Å²) in [6, 6.07) is -0.307. The van der Waals surface area contributed by atoms with Gasteiger partial charge in [0.1, 0.15) is 0 Å². The highest BCUT2D eigenvalue weighted by Gasteiger charge is 2.22. The molecule has 3 nitrogen and oxygen atoms in total. The molecule has 0 heterocycles. The van der Waals surface area contributed by atoms with E-state index in [1.165, 1.54) is 19.3 Å². The molecule has 0 aromatic rings. The molecule has 0 radical (unpaired) electrons. The van der Waals surface area contributed by atoms with E-state index in [0.29, 0.717) is 5.92 Å². The highest BCUT2D eigenvalue weighted by Crippen LogP contribution is 2.29. The fourth-order valence-electron chi connectivity index (χ4n) is 2.44. The molecule has 3 heteroatoms. The highest BCUT2D eigenvalue weighted by atomic mass is 16.2. The second-order valence-corrected chi connectivity index (χ2v) is 5.28. The van der Waals surface area contributed by atoms with Gasteiger partial charge >= 0.3 is 0 Å². The number of hydrogen-bond donors (Lipinski definition) is 2. The molecule has 3 N–H and O–H groups in total. The number of carbonyl (C=O) groups excluding carboxylic acids is 1. The van der Waals surface area contributed by atoms with E-state index in [4.69, 9.17) is 5.73 Å². The second-order valence-electron chi connectivity index (χ2n) is 5.28. The molecule has 3 atom stereocenters. The summed E-state index contributed by atoms with van der Waals surface area (Å²) in [5.74, 6) is 1.54. The fourth-order valence-corrected chi connectivity index (χ4v) is 2.44. The van der Waals surface area contributed by atoms with Gasteiger partial charge < -0.3 is 11.1 Å². The Bertz CT molecular complexity index is 218. The Morgan fingerprint density at radius 2 is 2.25 bits per heavy atom. The number of amides is 1. The van der Waals surface area contributed by atoms with E-state index in [2.05, 4.69) is 19.2 Å². The number of hydrogen-bond acceptors (Lipinski definition) is 2. The summed E-state index contributed by atoms with van der Waals surface area (Å²) < 4.78 is 0. The molecule has 1 rings (SSSR count). The van der Waals surface area contributed by atoms with Crippen LogP contribution in [0.5, 0.6) is 0 Å². The van der Waals surface area contributed by atoms with Crippen molar-refractivity contribution < 1.29 is 4.79 Å². The van der Waals surface area contributed by atoms with Crippen LogP contribution in [0.3, 0.4) is 0 Å². The van der Waals surface area contributed by atoms with Gasteiger partial charge in [0.25, 0.3) is 0 Å². The van der Waals surface area contributed by atoms with Crippen LogP contribution in [0.2, 0.25) is 0 Å². The van der Waals surface area contributed by atoms with Crippen molar-refractivity contribution in [1.82, 2.24) is 5.32 Å². The lowest BCUT2D eigenvalue weighted by Gasteiger charge is -2.14. The van der Waals surface area contributed by atoms with E-state index in [9.17, 15) is 4.79 Å². The SMILES string of the molecule is CCCC[C@H](N)C(=O)NCC1CCC(C)C1. The molecule has 0 bridgehead atoms. The Labute approximate surface area is 99.2 Å². The highest BCUT2D eigenvalue weighted by molar-refractivity contribution is 5.81. The predicted octanol–water partition coefficient (Wildman–Crippen LogP) is 2.06. The van der Waals surface area contributed by atoms with Gasteiger partial charge in [0.05, 0.1) is 6.04 Å². The molecule has 1 fully saturated rings. The van der Waals surface area contributed by atoms with Gasteiger partial charge in [0.2, 0.25) is 5.91 Å². The number of nitrogens with one attached hydrogen (secondary N) is 1. The molecule has 1 aliphatic carbocycles. The van der Waals surface area contributed by atoms with Crippen LogP contribution in [0.4, 0.5) is 0 Å². The molecular formula is C13H26N2O. The smallest absolute Gasteiger partial charge is 0.236 e. The normalized spacial score (nSPS) is 26.7. The molecule has 0 spiro atoms. The quantitative estimate of drug-likeness (QED) is 0.728. The molecule has 1 saturated carbocycles. The molecule has 0 saturated heterocycles. The zero-order valence-corrected chi connectivity index (χ0v) is 10.7. The van der Waals surface area contributed by atoms with Crippen molar-refractivity contribution in [3.05, 3.63) is 0 Å². The number of nitrogens with two attached hydrogens (primary N) is 1. The van der Waals surface area contributed by atoms with Gasteiger partial charge in [-0.3, -0.25) is 4.79 Å². The van der Waals surface area contributed by atoms with Crippen LogP contribution in [-0.4, -0.2) is 18.5 Å². The summed E-state index contributed by atoms with van der Waals surface area (Å²) in [5.41, 5.74) is 5.80. The molecule has 2 unspecified atom stereocenters. The van der Waals surface area contributed by atoms with E-state index >= 15 is 0 Å². The average molecular weight is 226 g/mol. The zero-order valence-electron chi connectivity index (χ0n) is 10.7. The lowest BCUT2D eigenvalue weighted by atomic mass is 10.1. The van der Waals surface area contributed by atoms with E-state index in [1.54, 1.807) is 0 Å². The number of rotatable bonds is 6. The lowest BCUT2D eigenvalue weighted by molar-refractivity contribution is -0.122. The monoisotopic (exact) mass is 226 g/mol. The van der Waals surface area contributed by atoms with Gasteiger partial charge in [-0.05, 0) is 31.1 Å². The first-order valence-corrected chi connectivity index (χ1v) is 6.66. The molecule has 0 aromatic heterocycles. The van der Waals surface area contributed by atoms with Crippen LogP contribution in [0.25, 0.3) is 0 Å². The van der Waals surface area contributed by atoms with Crippen molar-refractivity contribution in [3.63, 3.8) is 0 Å². The van der Waals surface area contributed by atoms with Gasteiger partial charge in [-0.1, -0.05) is 33.1 Å². The molecule has 0 aromatic carbocycles. The molecule has 0 aliphatic heterocycles. The number of unbranched alkanes of at least 4 members (excludes halogenated alkanes) is 1. The topological polar surface area (TPSA) is 55.1 Å². The molecular weight excluding hydrogens is 200 g/mol. The van der Waals surface area contributed by atoms with E-state index in [1.807, 2.05) is 0 Å². The van der Waals surface area contributed by atoms with Crippen molar-refractivity contribution in [2.75, 3.05) is 6.54 Å². The minimum atomic E-state index is -0.307. The van der Waals surface area contributed by atoms with Crippen LogP contribution < -0.4 is 11.1 Å². The largest absolute Gasteiger partial charge is 0.354 e. The summed E-state index contributed by atoms with van der Waals surface area (Å²) in [6.07, 6.45) is 6.76. The van der Waals surface area contributed by atoms with Gasteiger partial charge in [0, 0.05) is 6.54 Å². The Morgan fingerprint density at radius 1 is 1.50 bits per heavy atom. The van der Waals surface area contributed by atoms with Gasteiger partial charge in [-0.15, -0.1) is 0 Å². The lowest BCUT2D eigenvalue weighted by Crippen LogP contribution is -2.42. The third-order valence-corrected chi connectivity index (χ3v) is 3.57. The Kier molecular flexibility index (Phi) is 5.81. The molecule has 16 heavy (non-hydrogen) atoms. The molecule has 1 aliphatic rings. The van der Waals surface area contributed by atoms with E-state index in [-0.39, 0.29) is 11.9 Å². The Hall–Kier alpha value is -0.570. The van der Waals surface area contributed by atoms with Crippen molar-refractivity contribution in [2.45, 2.75) is 58.4 Å². The summed E-state index contributed by atoms with van der Waals surface area (Å²) in [5, 5.41) is 2.99. The minimum absolute atomic E-state index is 0.0352. The third-order valence-electron chi connectivity index (χ3n) is 3.57. The van der Waals surface area contributed by atoms with E-state index < -0.39 is 0 Å². The molecule has 94 valence electrons. The maximum atomic E-state index is 11.7. The van der Waals surface area contributed by atoms with Crippen molar-refractivity contribution >= 4 is 5.91 Å². The van der Waals surface area contributed by atoms with Crippen LogP contribution in [0.1, 0.15) is 52.4 Å². The standard InChI is InChI=1S/C13H26N2O/c1-3-4-5-12(14)13(16)15-9-11-7-6-10(2)8-11/h10-12H,3-9,14H2,1-2H3,(H,15,16)/t10?,11?,12-/m0/s1. The maximum absolute atomic E-state index is 11.7. The van der Waals surface area contributed by atoms with Crippen molar-refractivity contribution in [1.29, 1.82) is 0 Å². The van der Waals surface area contributed by atoms with Crippen LogP contribution >= 0.6 is 0 Å². The second kappa shape index (κ2) is 6.89. The van der Waals surface area contributed by atoms with Crippen molar-refractivity contribution in [2.24, 2.45) is 17.6 Å². The first kappa shape index (κ1) is 13.5. The third kappa shape index (κ3) is 4.52. The van der Waals surface area contributed by atoms with Crippen LogP contribution in [0.15, 0.2) is 0 Å². The summed E-state index contributed by atoms with van der Waals surface area (Å²) in [6.45, 7) is 5.22. The predicted molar refractivity (Wildman–Crippen MR) is 67.0 cm³/mol. The summed E-state index contributed by atoms with van der Waals surface area (Å²) >= 11 is 0. The van der Waals surface area contributed by atoms with Gasteiger partial charge in [0.15, 0.2) is 0 Å². The number of carbonyl (C=O) groups is 1. The van der Waals surface area contributed by atoms with Crippen LogP contribution in [-0.2, 0) is 4.79 Å². The summed E-state index contributed by atoms with van der Waals surface area (Å²) in [4.78, 5) is 11.7. The zero-order chi connectivity index (χ0) is 12.0. The maximum Gasteiger partial charge on any atom is 0.236 e. The average Bonchev–Trinajstić information content (AvgIpc) is 2.68. The Balaban J connectivity index is 2.14. The fraction of sp³-hybridized carbons (Fsp3) is 0.923. The van der Waals surface area contributed by atoms with E-state index in [0.717, 1.165) is 31.7 Å².